The molecule has 0 aliphatic rings. The van der Waals surface area contributed by atoms with Crippen LogP contribution in [0.15, 0.2) is 36.9 Å². The molecule has 86 valence electrons. The van der Waals surface area contributed by atoms with Crippen LogP contribution < -0.4 is 10.6 Å². The van der Waals surface area contributed by atoms with Gasteiger partial charge in [-0.2, -0.15) is 0 Å². The van der Waals surface area contributed by atoms with E-state index in [4.69, 9.17) is 0 Å². The molecule has 0 radical (unpaired) electrons. The number of amides is 1. The number of para-hydroxylation sites is 1. The second-order valence-corrected chi connectivity index (χ2v) is 4.54. The predicted molar refractivity (Wildman–Crippen MR) is 75.5 cm³/mol. The summed E-state index contributed by atoms with van der Waals surface area (Å²) < 4.78 is 1.10. The standard InChI is InChI=1S/C12H15IN2O/c1-3-8-14-12(16)9(2)15-11-7-5-4-6-10(11)13/h3-7,9,15H,1,8H2,2H3,(H,14,16). The molecule has 0 bridgehead atoms. The number of hydrogen-bond donors (Lipinski definition) is 2. The predicted octanol–water partition coefficient (Wildman–Crippen LogP) is 2.39. The Balaban J connectivity index is 2.57. The molecular formula is C12H15IN2O. The normalized spacial score (nSPS) is 11.6. The molecule has 2 N–H and O–H groups in total. The van der Waals surface area contributed by atoms with Crippen LogP contribution in [0.4, 0.5) is 5.69 Å². The third-order valence-electron chi connectivity index (χ3n) is 2.06. The average molecular weight is 330 g/mol. The van der Waals surface area contributed by atoms with Crippen molar-refractivity contribution in [2.24, 2.45) is 0 Å². The minimum Gasteiger partial charge on any atom is -0.373 e. The van der Waals surface area contributed by atoms with Gasteiger partial charge in [-0.05, 0) is 41.6 Å². The van der Waals surface area contributed by atoms with Crippen LogP contribution in [0.1, 0.15) is 6.92 Å². The molecule has 0 aliphatic heterocycles. The molecule has 0 heterocycles. The van der Waals surface area contributed by atoms with Gasteiger partial charge in [-0.3, -0.25) is 4.79 Å². The smallest absolute Gasteiger partial charge is 0.242 e. The van der Waals surface area contributed by atoms with E-state index < -0.39 is 0 Å². The van der Waals surface area contributed by atoms with Crippen LogP contribution in [0.2, 0.25) is 0 Å². The lowest BCUT2D eigenvalue weighted by molar-refractivity contribution is -0.121. The summed E-state index contributed by atoms with van der Waals surface area (Å²) >= 11 is 2.24. The topological polar surface area (TPSA) is 41.1 Å². The van der Waals surface area contributed by atoms with E-state index in [1.165, 1.54) is 0 Å². The summed E-state index contributed by atoms with van der Waals surface area (Å²) in [5.41, 5.74) is 0.976. The fourth-order valence-corrected chi connectivity index (χ4v) is 1.75. The molecule has 0 saturated carbocycles. The molecule has 0 aliphatic carbocycles. The minimum absolute atomic E-state index is 0.0282. The Bertz CT molecular complexity index is 379. The average Bonchev–Trinajstić information content (AvgIpc) is 2.28. The van der Waals surface area contributed by atoms with Gasteiger partial charge in [0.1, 0.15) is 6.04 Å². The van der Waals surface area contributed by atoms with E-state index in [-0.39, 0.29) is 11.9 Å². The van der Waals surface area contributed by atoms with Crippen molar-refractivity contribution in [3.05, 3.63) is 40.5 Å². The van der Waals surface area contributed by atoms with Gasteiger partial charge in [-0.1, -0.05) is 18.2 Å². The largest absolute Gasteiger partial charge is 0.373 e. The van der Waals surface area contributed by atoms with Gasteiger partial charge in [0.05, 0.1) is 0 Å². The third kappa shape index (κ3) is 3.84. The highest BCUT2D eigenvalue weighted by Crippen LogP contribution is 2.17. The van der Waals surface area contributed by atoms with Crippen LogP contribution in [0.25, 0.3) is 0 Å². The molecule has 1 amide bonds. The Hall–Kier alpha value is -1.04. The van der Waals surface area contributed by atoms with Crippen LogP contribution in [-0.4, -0.2) is 18.5 Å². The van der Waals surface area contributed by atoms with Crippen LogP contribution >= 0.6 is 22.6 Å². The van der Waals surface area contributed by atoms with E-state index in [9.17, 15) is 4.79 Å². The number of hydrogen-bond acceptors (Lipinski definition) is 2. The van der Waals surface area contributed by atoms with Crippen LogP contribution in [0.3, 0.4) is 0 Å². The lowest BCUT2D eigenvalue weighted by Crippen LogP contribution is -2.37. The Morgan fingerprint density at radius 3 is 2.88 bits per heavy atom. The Kier molecular flexibility index (Phi) is 5.31. The number of halogens is 1. The highest BCUT2D eigenvalue weighted by molar-refractivity contribution is 14.1. The zero-order chi connectivity index (χ0) is 12.0. The molecule has 1 unspecified atom stereocenters. The number of carbonyl (C=O) groups excluding carboxylic acids is 1. The number of rotatable bonds is 5. The fourth-order valence-electron chi connectivity index (χ4n) is 1.20. The maximum absolute atomic E-state index is 11.6. The summed E-state index contributed by atoms with van der Waals surface area (Å²) in [6.07, 6.45) is 1.66. The Morgan fingerprint density at radius 1 is 1.56 bits per heavy atom. The summed E-state index contributed by atoms with van der Waals surface area (Å²) in [4.78, 5) is 11.6. The van der Waals surface area contributed by atoms with Gasteiger partial charge < -0.3 is 10.6 Å². The van der Waals surface area contributed by atoms with E-state index >= 15 is 0 Å². The van der Waals surface area contributed by atoms with Crippen LogP contribution in [-0.2, 0) is 4.79 Å². The molecule has 0 aromatic heterocycles. The summed E-state index contributed by atoms with van der Waals surface area (Å²) in [5, 5.41) is 5.91. The van der Waals surface area contributed by atoms with E-state index in [0.717, 1.165) is 9.26 Å². The van der Waals surface area contributed by atoms with E-state index in [0.29, 0.717) is 6.54 Å². The van der Waals surface area contributed by atoms with Crippen molar-refractivity contribution in [2.45, 2.75) is 13.0 Å². The zero-order valence-electron chi connectivity index (χ0n) is 9.16. The molecule has 1 aromatic carbocycles. The first-order valence-electron chi connectivity index (χ1n) is 5.05. The van der Waals surface area contributed by atoms with Crippen molar-refractivity contribution in [3.63, 3.8) is 0 Å². The van der Waals surface area contributed by atoms with E-state index in [1.54, 1.807) is 6.08 Å². The zero-order valence-corrected chi connectivity index (χ0v) is 11.3. The van der Waals surface area contributed by atoms with Crippen LogP contribution in [0, 0.1) is 3.57 Å². The minimum atomic E-state index is -0.254. The van der Waals surface area contributed by atoms with Gasteiger partial charge in [0.2, 0.25) is 5.91 Å². The van der Waals surface area contributed by atoms with Crippen molar-refractivity contribution in [1.82, 2.24) is 5.32 Å². The number of carbonyl (C=O) groups is 1. The Morgan fingerprint density at radius 2 is 2.25 bits per heavy atom. The van der Waals surface area contributed by atoms with Gasteiger partial charge in [0, 0.05) is 15.8 Å². The summed E-state index contributed by atoms with van der Waals surface area (Å²) in [7, 11) is 0. The van der Waals surface area contributed by atoms with Crippen molar-refractivity contribution in [1.29, 1.82) is 0 Å². The molecule has 0 spiro atoms. The van der Waals surface area contributed by atoms with Crippen molar-refractivity contribution in [2.75, 3.05) is 11.9 Å². The quantitative estimate of drug-likeness (QED) is 0.643. The molecule has 1 rings (SSSR count). The molecule has 1 atom stereocenters. The van der Waals surface area contributed by atoms with Crippen LogP contribution in [0.5, 0.6) is 0 Å². The number of anilines is 1. The molecule has 0 saturated heterocycles. The van der Waals surface area contributed by atoms with Crippen molar-refractivity contribution < 1.29 is 4.79 Å². The SMILES string of the molecule is C=CCNC(=O)C(C)Nc1ccccc1I. The molecular weight excluding hydrogens is 315 g/mol. The number of benzene rings is 1. The second-order valence-electron chi connectivity index (χ2n) is 3.38. The lowest BCUT2D eigenvalue weighted by Gasteiger charge is -2.15. The van der Waals surface area contributed by atoms with Gasteiger partial charge >= 0.3 is 0 Å². The summed E-state index contributed by atoms with van der Waals surface area (Å²) in [6.45, 7) is 5.89. The fraction of sp³-hybridized carbons (Fsp3) is 0.250. The highest BCUT2D eigenvalue weighted by Gasteiger charge is 2.12. The first-order chi connectivity index (χ1) is 7.65. The highest BCUT2D eigenvalue weighted by atomic mass is 127. The molecule has 4 heteroatoms. The van der Waals surface area contributed by atoms with Gasteiger partial charge in [-0.15, -0.1) is 6.58 Å². The second kappa shape index (κ2) is 6.52. The maximum Gasteiger partial charge on any atom is 0.242 e. The first kappa shape index (κ1) is 13.0. The molecule has 1 aromatic rings. The van der Waals surface area contributed by atoms with Gasteiger partial charge in [0.15, 0.2) is 0 Å². The van der Waals surface area contributed by atoms with E-state index in [2.05, 4.69) is 39.8 Å². The van der Waals surface area contributed by atoms with E-state index in [1.807, 2.05) is 31.2 Å². The monoisotopic (exact) mass is 330 g/mol. The molecule has 3 nitrogen and oxygen atoms in total. The van der Waals surface area contributed by atoms with Gasteiger partial charge in [0.25, 0.3) is 0 Å². The van der Waals surface area contributed by atoms with Crippen molar-refractivity contribution >= 4 is 34.2 Å². The summed E-state index contributed by atoms with van der Waals surface area (Å²) in [5.74, 6) is -0.0282. The van der Waals surface area contributed by atoms with Crippen molar-refractivity contribution in [3.8, 4) is 0 Å². The molecule has 0 fully saturated rings. The molecule has 16 heavy (non-hydrogen) atoms. The number of nitrogens with one attached hydrogen (secondary N) is 2. The maximum atomic E-state index is 11.6. The van der Waals surface area contributed by atoms with Gasteiger partial charge in [-0.25, -0.2) is 0 Å². The lowest BCUT2D eigenvalue weighted by atomic mass is 10.2. The Labute approximate surface area is 109 Å². The first-order valence-corrected chi connectivity index (χ1v) is 6.12. The third-order valence-corrected chi connectivity index (χ3v) is 3.00. The summed E-state index contributed by atoms with van der Waals surface area (Å²) in [6, 6.07) is 7.61.